The van der Waals surface area contributed by atoms with Crippen LogP contribution < -0.4 is 10.2 Å². The second-order valence-corrected chi connectivity index (χ2v) is 6.80. The largest absolute Gasteiger partial charge is 0.508 e. The molecule has 7 nitrogen and oxygen atoms in total. The van der Waals surface area contributed by atoms with Crippen LogP contribution >= 0.6 is 0 Å². The van der Waals surface area contributed by atoms with E-state index in [-0.39, 0.29) is 46.5 Å². The zero-order valence-electron chi connectivity index (χ0n) is 15.6. The fraction of sp³-hybridized carbons (Fsp3) is 0.286. The lowest BCUT2D eigenvalue weighted by molar-refractivity contribution is 0.230. The highest BCUT2D eigenvalue weighted by atomic mass is 16.5. The second kappa shape index (κ2) is 7.82. The van der Waals surface area contributed by atoms with Gasteiger partial charge in [-0.1, -0.05) is 6.92 Å². The van der Waals surface area contributed by atoms with Crippen molar-refractivity contribution in [2.24, 2.45) is 5.92 Å². The van der Waals surface area contributed by atoms with Crippen molar-refractivity contribution in [3.05, 3.63) is 46.1 Å². The van der Waals surface area contributed by atoms with Crippen LogP contribution in [-0.2, 0) is 6.42 Å². The summed E-state index contributed by atoms with van der Waals surface area (Å²) >= 11 is 0. The minimum absolute atomic E-state index is 0.0156. The van der Waals surface area contributed by atoms with Gasteiger partial charge in [0.25, 0.3) is 0 Å². The molecule has 4 N–H and O–H groups in total. The lowest BCUT2D eigenvalue weighted by Crippen LogP contribution is -2.08. The Balaban J connectivity index is 2.16. The molecule has 28 heavy (non-hydrogen) atoms. The number of phenolic OH excluding ortho intramolecular Hbond substituents is 3. The molecular formula is C21H22O7. The number of phenols is 3. The van der Waals surface area contributed by atoms with Gasteiger partial charge in [0.1, 0.15) is 28.2 Å². The van der Waals surface area contributed by atoms with Crippen LogP contribution in [-0.4, -0.2) is 34.1 Å². The second-order valence-electron chi connectivity index (χ2n) is 6.80. The Labute approximate surface area is 161 Å². The third-order valence-electron chi connectivity index (χ3n) is 4.68. The van der Waals surface area contributed by atoms with E-state index in [0.717, 1.165) is 6.07 Å². The van der Waals surface area contributed by atoms with Crippen LogP contribution in [0.1, 0.15) is 18.9 Å². The van der Waals surface area contributed by atoms with Crippen molar-refractivity contribution in [3.63, 3.8) is 0 Å². The fourth-order valence-electron chi connectivity index (χ4n) is 3.06. The first kappa shape index (κ1) is 19.6. The predicted molar refractivity (Wildman–Crippen MR) is 104 cm³/mol. The quantitative estimate of drug-likeness (QED) is 0.513. The van der Waals surface area contributed by atoms with Crippen molar-refractivity contribution < 1.29 is 29.6 Å². The molecule has 7 heteroatoms. The first-order valence-electron chi connectivity index (χ1n) is 8.85. The van der Waals surface area contributed by atoms with Gasteiger partial charge in [0.2, 0.25) is 11.2 Å². The average Bonchev–Trinajstić information content (AvgIpc) is 2.66. The van der Waals surface area contributed by atoms with Crippen molar-refractivity contribution >= 4 is 11.0 Å². The van der Waals surface area contributed by atoms with Crippen LogP contribution in [0, 0.1) is 5.92 Å². The summed E-state index contributed by atoms with van der Waals surface area (Å²) in [6.07, 6.45) is 1.21. The van der Waals surface area contributed by atoms with Crippen molar-refractivity contribution in [1.82, 2.24) is 0 Å². The van der Waals surface area contributed by atoms with Crippen LogP contribution in [0.15, 0.2) is 39.5 Å². The SMILES string of the molecule is COc1c(-c2ccc(O)c(CC[C@H](C)CO)c2)oc2cc(O)cc(O)c2c1=O. The summed E-state index contributed by atoms with van der Waals surface area (Å²) in [5.41, 5.74) is 0.589. The number of fused-ring (bicyclic) bond motifs is 1. The van der Waals surface area contributed by atoms with E-state index in [1.807, 2.05) is 6.92 Å². The van der Waals surface area contributed by atoms with Gasteiger partial charge in [0.15, 0.2) is 5.76 Å². The molecule has 148 valence electrons. The summed E-state index contributed by atoms with van der Waals surface area (Å²) in [6, 6.07) is 7.07. The van der Waals surface area contributed by atoms with Crippen LogP contribution in [0.4, 0.5) is 0 Å². The molecule has 1 heterocycles. The standard InChI is InChI=1S/C21H22O7/c1-11(10-22)3-4-12-7-13(5-6-15(12)24)20-21(27-2)19(26)18-16(25)8-14(23)9-17(18)28-20/h5-9,11,22-25H,3-4,10H2,1-2H3/t11-/m0/s1. The predicted octanol–water partition coefficient (Wildman–Crippen LogP) is 3.15. The highest BCUT2D eigenvalue weighted by molar-refractivity contribution is 5.88. The van der Waals surface area contributed by atoms with Crippen molar-refractivity contribution in [1.29, 1.82) is 0 Å². The van der Waals surface area contributed by atoms with E-state index in [1.54, 1.807) is 12.1 Å². The molecule has 0 radical (unpaired) electrons. The van der Waals surface area contributed by atoms with Crippen LogP contribution in [0.5, 0.6) is 23.0 Å². The molecule has 1 aromatic heterocycles. The summed E-state index contributed by atoms with van der Waals surface area (Å²) in [7, 11) is 1.32. The van der Waals surface area contributed by atoms with E-state index in [2.05, 4.69) is 0 Å². The summed E-state index contributed by atoms with van der Waals surface area (Å²) < 4.78 is 11.0. The van der Waals surface area contributed by atoms with E-state index in [1.165, 1.54) is 19.2 Å². The maximum Gasteiger partial charge on any atom is 0.239 e. The van der Waals surface area contributed by atoms with Crippen LogP contribution in [0.25, 0.3) is 22.3 Å². The highest BCUT2D eigenvalue weighted by Crippen LogP contribution is 2.37. The molecule has 0 aliphatic rings. The number of rotatable bonds is 6. The maximum absolute atomic E-state index is 12.8. The topological polar surface area (TPSA) is 120 Å². The molecule has 0 saturated heterocycles. The monoisotopic (exact) mass is 386 g/mol. The number of hydrogen-bond donors (Lipinski definition) is 4. The number of aryl methyl sites for hydroxylation is 1. The highest BCUT2D eigenvalue weighted by Gasteiger charge is 2.20. The minimum atomic E-state index is -0.570. The number of aliphatic hydroxyl groups is 1. The number of aromatic hydroxyl groups is 3. The molecule has 0 saturated carbocycles. The third kappa shape index (κ3) is 3.61. The van der Waals surface area contributed by atoms with E-state index in [9.17, 15) is 25.2 Å². The summed E-state index contributed by atoms with van der Waals surface area (Å²) in [4.78, 5) is 12.8. The average molecular weight is 386 g/mol. The minimum Gasteiger partial charge on any atom is -0.508 e. The molecule has 0 fully saturated rings. The molecule has 3 aromatic rings. The first-order valence-corrected chi connectivity index (χ1v) is 8.85. The molecule has 0 aliphatic carbocycles. The number of methoxy groups -OCH3 is 1. The summed E-state index contributed by atoms with van der Waals surface area (Å²) in [5, 5.41) is 39.0. The molecule has 0 aliphatic heterocycles. The van der Waals surface area contributed by atoms with E-state index in [0.29, 0.717) is 24.0 Å². The van der Waals surface area contributed by atoms with Gasteiger partial charge in [-0.05, 0) is 42.5 Å². The Hall–Kier alpha value is -3.19. The van der Waals surface area contributed by atoms with Gasteiger partial charge in [-0.25, -0.2) is 0 Å². The fourth-order valence-corrected chi connectivity index (χ4v) is 3.06. The Morgan fingerprint density at radius 2 is 1.86 bits per heavy atom. The van der Waals surface area contributed by atoms with Gasteiger partial charge in [0, 0.05) is 24.3 Å². The molecule has 1 atom stereocenters. The number of benzene rings is 2. The Kier molecular flexibility index (Phi) is 5.46. The Morgan fingerprint density at radius 3 is 2.54 bits per heavy atom. The van der Waals surface area contributed by atoms with Gasteiger partial charge in [-0.15, -0.1) is 0 Å². The molecule has 0 bridgehead atoms. The molecule has 3 rings (SSSR count). The third-order valence-corrected chi connectivity index (χ3v) is 4.68. The lowest BCUT2D eigenvalue weighted by atomic mass is 9.98. The molecule has 2 aromatic carbocycles. The number of aliphatic hydroxyl groups excluding tert-OH is 1. The zero-order chi connectivity index (χ0) is 20.4. The summed E-state index contributed by atoms with van der Waals surface area (Å²) in [6.45, 7) is 1.96. The van der Waals surface area contributed by atoms with Gasteiger partial charge in [-0.2, -0.15) is 0 Å². The van der Waals surface area contributed by atoms with Gasteiger partial charge >= 0.3 is 0 Å². The molecular weight excluding hydrogens is 364 g/mol. The summed E-state index contributed by atoms with van der Waals surface area (Å²) in [5.74, 6) is -0.421. The van der Waals surface area contributed by atoms with Gasteiger partial charge in [0.05, 0.1) is 7.11 Å². The van der Waals surface area contributed by atoms with Crippen molar-refractivity contribution in [2.75, 3.05) is 13.7 Å². The smallest absolute Gasteiger partial charge is 0.239 e. The molecule has 0 amide bonds. The Morgan fingerprint density at radius 1 is 1.11 bits per heavy atom. The van der Waals surface area contributed by atoms with Gasteiger partial charge < -0.3 is 29.6 Å². The zero-order valence-corrected chi connectivity index (χ0v) is 15.6. The number of hydrogen-bond acceptors (Lipinski definition) is 7. The van der Waals surface area contributed by atoms with Crippen molar-refractivity contribution in [3.8, 4) is 34.3 Å². The van der Waals surface area contributed by atoms with E-state index >= 15 is 0 Å². The van der Waals surface area contributed by atoms with Crippen LogP contribution in [0.3, 0.4) is 0 Å². The maximum atomic E-state index is 12.8. The molecule has 0 spiro atoms. The van der Waals surface area contributed by atoms with E-state index in [4.69, 9.17) is 9.15 Å². The first-order chi connectivity index (χ1) is 13.3. The van der Waals surface area contributed by atoms with Crippen LogP contribution in [0.2, 0.25) is 0 Å². The van der Waals surface area contributed by atoms with Gasteiger partial charge in [-0.3, -0.25) is 4.79 Å². The lowest BCUT2D eigenvalue weighted by Gasteiger charge is -2.13. The van der Waals surface area contributed by atoms with E-state index < -0.39 is 11.2 Å². The number of ether oxygens (including phenoxy) is 1. The molecule has 0 unspecified atom stereocenters. The Bertz CT molecular complexity index is 1070. The normalized spacial score (nSPS) is 12.2. The van der Waals surface area contributed by atoms with Crippen molar-refractivity contribution in [2.45, 2.75) is 19.8 Å².